The summed E-state index contributed by atoms with van der Waals surface area (Å²) in [5.74, 6) is 0.573. The van der Waals surface area contributed by atoms with Gasteiger partial charge in [0.05, 0.1) is 12.2 Å². The number of anilines is 1. The largest absolute Gasteiger partial charge is 0.393 e. The molecule has 1 aliphatic heterocycles. The lowest BCUT2D eigenvalue weighted by molar-refractivity contribution is 0.133. The number of nitrogens with zero attached hydrogens (tertiary/aromatic N) is 1. The average molecular weight is 279 g/mol. The molecule has 4 atom stereocenters. The topological polar surface area (TPSA) is 43.7 Å². The minimum Gasteiger partial charge on any atom is -0.393 e. The van der Waals surface area contributed by atoms with Crippen LogP contribution in [0.15, 0.2) is 12.1 Å². The Balaban J connectivity index is 1.93. The molecule has 0 bridgehead atoms. The molecule has 110 valence electrons. The van der Waals surface area contributed by atoms with Gasteiger partial charge in [0.2, 0.25) is 0 Å². The van der Waals surface area contributed by atoms with E-state index in [1.54, 1.807) is 13.8 Å². The quantitative estimate of drug-likeness (QED) is 0.873. The number of fused-ring (bicyclic) bond motifs is 1. The minimum atomic E-state index is -0.689. The zero-order valence-electron chi connectivity index (χ0n) is 12.0. The monoisotopic (exact) mass is 279 g/mol. The molecule has 1 heterocycles. The van der Waals surface area contributed by atoms with Crippen molar-refractivity contribution in [2.24, 2.45) is 11.8 Å². The molecule has 0 spiro atoms. The summed E-state index contributed by atoms with van der Waals surface area (Å²) in [7, 11) is 0. The Morgan fingerprint density at radius 2 is 2.05 bits per heavy atom. The molecule has 1 aromatic carbocycles. The molecule has 2 aliphatic rings. The van der Waals surface area contributed by atoms with Crippen LogP contribution >= 0.6 is 0 Å². The Morgan fingerprint density at radius 3 is 2.70 bits per heavy atom. The fraction of sp³-hybridized carbons (Fsp3) is 0.625. The molecule has 1 saturated heterocycles. The molecule has 1 saturated carbocycles. The van der Waals surface area contributed by atoms with Gasteiger partial charge in [0.25, 0.3) is 0 Å². The van der Waals surface area contributed by atoms with Crippen LogP contribution in [-0.2, 0) is 0 Å². The molecule has 2 fully saturated rings. The molecule has 0 amide bonds. The Hall–Kier alpha value is -1.13. The normalized spacial score (nSPS) is 30.6. The van der Waals surface area contributed by atoms with Crippen LogP contribution in [0.2, 0.25) is 0 Å². The van der Waals surface area contributed by atoms with Crippen molar-refractivity contribution in [2.45, 2.75) is 38.9 Å². The molecule has 1 aliphatic carbocycles. The number of hydrogen-bond donors (Lipinski definition) is 2. The van der Waals surface area contributed by atoms with E-state index < -0.39 is 6.10 Å². The van der Waals surface area contributed by atoms with Crippen molar-refractivity contribution >= 4 is 5.69 Å². The Bertz CT molecular complexity index is 517. The highest BCUT2D eigenvalue weighted by Gasteiger charge is 2.42. The maximum Gasteiger partial charge on any atom is 0.126 e. The number of rotatable bonds is 2. The SMILES string of the molecule is Cc1cc(N2CC3CCC(O)C3C2)c([C@@H](C)O)cc1F. The number of aliphatic hydroxyl groups is 2. The van der Waals surface area contributed by atoms with E-state index >= 15 is 0 Å². The predicted octanol–water partition coefficient (Wildman–Crippen LogP) is 2.39. The lowest BCUT2D eigenvalue weighted by Gasteiger charge is -2.25. The van der Waals surface area contributed by atoms with E-state index in [9.17, 15) is 14.6 Å². The van der Waals surface area contributed by atoms with E-state index in [2.05, 4.69) is 4.90 Å². The van der Waals surface area contributed by atoms with Crippen LogP contribution in [0.5, 0.6) is 0 Å². The van der Waals surface area contributed by atoms with Gasteiger partial charge in [-0.3, -0.25) is 0 Å². The molecule has 3 unspecified atom stereocenters. The van der Waals surface area contributed by atoms with E-state index in [0.29, 0.717) is 23.0 Å². The predicted molar refractivity (Wildman–Crippen MR) is 76.2 cm³/mol. The number of hydrogen-bond acceptors (Lipinski definition) is 3. The molecule has 3 rings (SSSR count). The first-order chi connectivity index (χ1) is 9.47. The molecule has 0 radical (unpaired) electrons. The fourth-order valence-electron chi connectivity index (χ4n) is 3.72. The van der Waals surface area contributed by atoms with Gasteiger partial charge >= 0.3 is 0 Å². The van der Waals surface area contributed by atoms with Crippen molar-refractivity contribution in [3.8, 4) is 0 Å². The second-order valence-electron chi connectivity index (χ2n) is 6.31. The molecule has 2 N–H and O–H groups in total. The first-order valence-corrected chi connectivity index (χ1v) is 7.38. The second kappa shape index (κ2) is 5.01. The molecule has 3 nitrogen and oxygen atoms in total. The highest BCUT2D eigenvalue weighted by atomic mass is 19.1. The number of aliphatic hydroxyl groups excluding tert-OH is 2. The summed E-state index contributed by atoms with van der Waals surface area (Å²) in [6.45, 7) is 5.11. The van der Waals surface area contributed by atoms with E-state index in [0.717, 1.165) is 31.6 Å². The Morgan fingerprint density at radius 1 is 1.30 bits per heavy atom. The van der Waals surface area contributed by atoms with Gasteiger partial charge in [0, 0.05) is 30.3 Å². The average Bonchev–Trinajstić information content (AvgIpc) is 2.95. The van der Waals surface area contributed by atoms with E-state index in [-0.39, 0.29) is 11.9 Å². The van der Waals surface area contributed by atoms with Gasteiger partial charge in [0.1, 0.15) is 5.82 Å². The van der Waals surface area contributed by atoms with Crippen LogP contribution in [0.1, 0.15) is 37.0 Å². The van der Waals surface area contributed by atoms with Gasteiger partial charge in [-0.25, -0.2) is 4.39 Å². The van der Waals surface area contributed by atoms with E-state index in [4.69, 9.17) is 0 Å². The lowest BCUT2D eigenvalue weighted by Crippen LogP contribution is -2.25. The van der Waals surface area contributed by atoms with Gasteiger partial charge in [-0.15, -0.1) is 0 Å². The van der Waals surface area contributed by atoms with E-state index in [1.165, 1.54) is 6.07 Å². The maximum atomic E-state index is 13.7. The first kappa shape index (κ1) is 13.8. The van der Waals surface area contributed by atoms with Crippen LogP contribution in [0.3, 0.4) is 0 Å². The molecule has 20 heavy (non-hydrogen) atoms. The third kappa shape index (κ3) is 2.21. The van der Waals surface area contributed by atoms with E-state index in [1.807, 2.05) is 6.07 Å². The zero-order chi connectivity index (χ0) is 14.4. The van der Waals surface area contributed by atoms with Crippen molar-refractivity contribution in [1.29, 1.82) is 0 Å². The lowest BCUT2D eigenvalue weighted by atomic mass is 10.00. The summed E-state index contributed by atoms with van der Waals surface area (Å²) < 4.78 is 13.7. The van der Waals surface area contributed by atoms with Crippen LogP contribution in [-0.4, -0.2) is 29.4 Å². The van der Waals surface area contributed by atoms with Crippen molar-refractivity contribution in [3.63, 3.8) is 0 Å². The molecular weight excluding hydrogens is 257 g/mol. The highest BCUT2D eigenvalue weighted by molar-refractivity contribution is 5.57. The summed E-state index contributed by atoms with van der Waals surface area (Å²) in [5, 5.41) is 19.9. The van der Waals surface area contributed by atoms with Crippen molar-refractivity contribution in [3.05, 3.63) is 29.1 Å². The maximum absolute atomic E-state index is 13.7. The Kier molecular flexibility index (Phi) is 3.46. The minimum absolute atomic E-state index is 0.207. The molecule has 1 aromatic rings. The van der Waals surface area contributed by atoms with Gasteiger partial charge in [-0.05, 0) is 50.3 Å². The van der Waals surface area contributed by atoms with Crippen molar-refractivity contribution in [1.82, 2.24) is 0 Å². The van der Waals surface area contributed by atoms with Gasteiger partial charge in [0.15, 0.2) is 0 Å². The summed E-state index contributed by atoms with van der Waals surface area (Å²) in [6, 6.07) is 3.27. The van der Waals surface area contributed by atoms with Crippen molar-refractivity contribution in [2.75, 3.05) is 18.0 Å². The standard InChI is InChI=1S/C16H22FNO2/c1-9-5-15(12(10(2)19)6-14(9)17)18-7-11-3-4-16(20)13(11)8-18/h5-6,10-11,13,16,19-20H,3-4,7-8H2,1-2H3/t10-,11?,13?,16?/m1/s1. The summed E-state index contributed by atoms with van der Waals surface area (Å²) in [4.78, 5) is 2.20. The van der Waals surface area contributed by atoms with Crippen LogP contribution < -0.4 is 4.90 Å². The van der Waals surface area contributed by atoms with Crippen molar-refractivity contribution < 1.29 is 14.6 Å². The second-order valence-corrected chi connectivity index (χ2v) is 6.31. The smallest absolute Gasteiger partial charge is 0.126 e. The number of aryl methyl sites for hydroxylation is 1. The van der Waals surface area contributed by atoms with Crippen LogP contribution in [0, 0.1) is 24.6 Å². The first-order valence-electron chi connectivity index (χ1n) is 7.38. The third-order valence-electron chi connectivity index (χ3n) is 4.92. The molecular formula is C16H22FNO2. The zero-order valence-corrected chi connectivity index (χ0v) is 12.0. The van der Waals surface area contributed by atoms with Gasteiger partial charge in [-0.2, -0.15) is 0 Å². The van der Waals surface area contributed by atoms with Crippen LogP contribution in [0.25, 0.3) is 0 Å². The summed E-state index contributed by atoms with van der Waals surface area (Å²) >= 11 is 0. The van der Waals surface area contributed by atoms with Gasteiger partial charge in [-0.1, -0.05) is 0 Å². The highest BCUT2D eigenvalue weighted by Crippen LogP contribution is 2.41. The summed E-state index contributed by atoms with van der Waals surface area (Å²) in [6.07, 6.45) is 1.06. The number of halogens is 1. The fourth-order valence-corrected chi connectivity index (χ4v) is 3.72. The molecule has 4 heteroatoms. The Labute approximate surface area is 119 Å². The third-order valence-corrected chi connectivity index (χ3v) is 4.92. The number of benzene rings is 1. The molecule has 0 aromatic heterocycles. The summed E-state index contributed by atoms with van der Waals surface area (Å²) in [5.41, 5.74) is 2.16. The van der Waals surface area contributed by atoms with Gasteiger partial charge < -0.3 is 15.1 Å². The van der Waals surface area contributed by atoms with Crippen LogP contribution in [0.4, 0.5) is 10.1 Å².